The molecule has 0 saturated carbocycles. The van der Waals surface area contributed by atoms with Crippen molar-refractivity contribution < 1.29 is 19.1 Å². The molecule has 270 valence electrons. The summed E-state index contributed by atoms with van der Waals surface area (Å²) in [5, 5.41) is 5.51. The SMILES string of the molecule is C=C/C=C\C(=C/C)N1C(=O)/C(=C/c2cc(Br)c(OCc3ccc4ccccc4c3)c(I)c2)C(=O)N=C1SCC(=O)NC(c1ccccc1)c1ccccc1. The summed E-state index contributed by atoms with van der Waals surface area (Å²) in [6, 6.07) is 37.0. The van der Waals surface area contributed by atoms with Gasteiger partial charge in [0.2, 0.25) is 5.91 Å². The van der Waals surface area contributed by atoms with Crippen LogP contribution in [0.1, 0.15) is 35.2 Å². The lowest BCUT2D eigenvalue weighted by Crippen LogP contribution is -2.42. The van der Waals surface area contributed by atoms with Crippen molar-refractivity contribution in [3.05, 3.63) is 188 Å². The number of amidine groups is 1. The van der Waals surface area contributed by atoms with Crippen LogP contribution in [0.15, 0.2) is 167 Å². The van der Waals surface area contributed by atoms with Crippen LogP contribution in [0.5, 0.6) is 5.75 Å². The average molecular weight is 909 g/mol. The van der Waals surface area contributed by atoms with Gasteiger partial charge in [-0.2, -0.15) is 4.99 Å². The van der Waals surface area contributed by atoms with Crippen molar-refractivity contribution in [2.24, 2.45) is 4.99 Å². The summed E-state index contributed by atoms with van der Waals surface area (Å²) < 4.78 is 7.69. The van der Waals surface area contributed by atoms with Crippen LogP contribution < -0.4 is 10.1 Å². The van der Waals surface area contributed by atoms with Gasteiger partial charge < -0.3 is 10.1 Å². The quantitative estimate of drug-likeness (QED) is 0.0583. The maximum absolute atomic E-state index is 14.2. The monoisotopic (exact) mass is 907 g/mol. The van der Waals surface area contributed by atoms with E-state index in [-0.39, 0.29) is 28.4 Å². The third-order valence-corrected chi connectivity index (χ3v) is 10.8. The largest absolute Gasteiger partial charge is 0.487 e. The Bertz CT molecular complexity index is 2280. The molecule has 0 spiro atoms. The molecule has 0 bridgehead atoms. The van der Waals surface area contributed by atoms with Crippen LogP contribution >= 0.6 is 50.3 Å². The highest BCUT2D eigenvalue weighted by Crippen LogP contribution is 2.35. The molecule has 1 N–H and O–H groups in total. The van der Waals surface area contributed by atoms with Crippen LogP contribution in [-0.4, -0.2) is 33.5 Å². The van der Waals surface area contributed by atoms with Crippen LogP contribution in [0.3, 0.4) is 0 Å². The molecule has 54 heavy (non-hydrogen) atoms. The Kier molecular flexibility index (Phi) is 13.1. The van der Waals surface area contributed by atoms with E-state index in [9.17, 15) is 14.4 Å². The van der Waals surface area contributed by atoms with Crippen LogP contribution in [0.25, 0.3) is 16.8 Å². The van der Waals surface area contributed by atoms with Gasteiger partial charge in [-0.1, -0.05) is 134 Å². The Labute approximate surface area is 340 Å². The lowest BCUT2D eigenvalue weighted by atomic mass is 9.99. The number of thioether (sulfide) groups is 1. The molecule has 1 aliphatic heterocycles. The summed E-state index contributed by atoms with van der Waals surface area (Å²) in [6.45, 7) is 5.90. The summed E-state index contributed by atoms with van der Waals surface area (Å²) in [5.41, 5.74) is 3.86. The second-order valence-corrected chi connectivity index (χ2v) is 15.1. The smallest absolute Gasteiger partial charge is 0.285 e. The molecule has 0 saturated heterocycles. The summed E-state index contributed by atoms with van der Waals surface area (Å²) in [4.78, 5) is 46.9. The molecular weight excluding hydrogens is 873 g/mol. The molecule has 10 heteroatoms. The zero-order chi connectivity index (χ0) is 38.0. The highest BCUT2D eigenvalue weighted by atomic mass is 127. The van der Waals surface area contributed by atoms with E-state index in [1.807, 2.05) is 84.9 Å². The summed E-state index contributed by atoms with van der Waals surface area (Å²) in [6.07, 6.45) is 8.26. The van der Waals surface area contributed by atoms with E-state index < -0.39 is 11.8 Å². The van der Waals surface area contributed by atoms with Crippen LogP contribution in [0.4, 0.5) is 0 Å². The van der Waals surface area contributed by atoms with Gasteiger partial charge in [0.05, 0.1) is 19.8 Å². The normalized spacial score (nSPS) is 14.2. The number of amides is 3. The Morgan fingerprint density at radius 1 is 0.944 bits per heavy atom. The Morgan fingerprint density at radius 3 is 2.26 bits per heavy atom. The highest BCUT2D eigenvalue weighted by Gasteiger charge is 2.35. The summed E-state index contributed by atoms with van der Waals surface area (Å²) in [5.74, 6) is -0.978. The van der Waals surface area contributed by atoms with Gasteiger partial charge in [-0.05, 0) is 109 Å². The first kappa shape index (κ1) is 38.7. The van der Waals surface area contributed by atoms with Gasteiger partial charge in [-0.25, -0.2) is 0 Å². The van der Waals surface area contributed by atoms with Gasteiger partial charge in [0.1, 0.15) is 17.9 Å². The number of rotatable bonds is 12. The van der Waals surface area contributed by atoms with Crippen molar-refractivity contribution >= 4 is 90.0 Å². The summed E-state index contributed by atoms with van der Waals surface area (Å²) in [7, 11) is 0. The van der Waals surface area contributed by atoms with E-state index in [4.69, 9.17) is 4.74 Å². The van der Waals surface area contributed by atoms with Crippen molar-refractivity contribution in [3.63, 3.8) is 0 Å². The number of halogens is 2. The Morgan fingerprint density at radius 2 is 1.61 bits per heavy atom. The molecule has 0 aliphatic carbocycles. The molecule has 1 aliphatic rings. The number of nitrogens with zero attached hydrogens (tertiary/aromatic N) is 2. The van der Waals surface area contributed by atoms with Crippen molar-refractivity contribution in [3.8, 4) is 5.75 Å². The molecule has 3 amide bonds. The topological polar surface area (TPSA) is 88.1 Å². The zero-order valence-electron chi connectivity index (χ0n) is 29.2. The molecular formula is C44H35BrIN3O4S. The van der Waals surface area contributed by atoms with Crippen molar-refractivity contribution in [1.29, 1.82) is 0 Å². The van der Waals surface area contributed by atoms with E-state index in [0.29, 0.717) is 28.1 Å². The first-order chi connectivity index (χ1) is 26.2. The molecule has 5 aromatic carbocycles. The van der Waals surface area contributed by atoms with Gasteiger partial charge in [0, 0.05) is 5.70 Å². The second kappa shape index (κ2) is 18.3. The van der Waals surface area contributed by atoms with Gasteiger partial charge >= 0.3 is 0 Å². The fraction of sp³-hybridized carbons (Fsp3) is 0.0909. The van der Waals surface area contributed by atoms with E-state index in [1.165, 1.54) is 11.0 Å². The maximum Gasteiger partial charge on any atom is 0.285 e. The predicted octanol–water partition coefficient (Wildman–Crippen LogP) is 10.2. The number of aliphatic imine (C=N–C) groups is 1. The standard InChI is InChI=1S/C44H35BrIN3O4S/c1-3-5-20-35(4-2)49-43(52)36(24-30-25-37(45)41(38(46)26-30)53-27-29-21-22-31-14-12-13-19-34(31)23-29)42(51)48-44(49)54-28-39(50)47-40(32-15-8-6-9-16-32)33-17-10-7-11-18-33/h3-26,40H,1,27-28H2,2H3,(H,47,50)/b20-5-,35-4+,36-24+. The third-order valence-electron chi connectivity index (χ3n) is 8.44. The molecule has 0 fully saturated rings. The highest BCUT2D eigenvalue weighted by molar-refractivity contribution is 14.1. The number of nitrogens with one attached hydrogen (secondary N) is 1. The zero-order valence-corrected chi connectivity index (χ0v) is 33.8. The lowest BCUT2D eigenvalue weighted by molar-refractivity contribution is -0.126. The predicted molar refractivity (Wildman–Crippen MR) is 231 cm³/mol. The van der Waals surface area contributed by atoms with Crippen LogP contribution in [0.2, 0.25) is 0 Å². The molecule has 5 aromatic rings. The number of carbonyl (C=O) groups excluding carboxylic acids is 3. The fourth-order valence-corrected chi connectivity index (χ4v) is 8.42. The van der Waals surface area contributed by atoms with E-state index >= 15 is 0 Å². The average Bonchev–Trinajstić information content (AvgIpc) is 3.19. The van der Waals surface area contributed by atoms with Gasteiger partial charge in [0.15, 0.2) is 5.17 Å². The molecule has 6 rings (SSSR count). The van der Waals surface area contributed by atoms with Gasteiger partial charge in [-0.3, -0.25) is 19.3 Å². The minimum absolute atomic E-state index is 0.0842. The fourth-order valence-electron chi connectivity index (χ4n) is 5.84. The Hall–Kier alpha value is -5.04. The number of hydrogen-bond donors (Lipinski definition) is 1. The van der Waals surface area contributed by atoms with Gasteiger partial charge in [0.25, 0.3) is 11.8 Å². The van der Waals surface area contributed by atoms with Gasteiger partial charge in [-0.15, -0.1) is 0 Å². The number of ether oxygens (including phenoxy) is 1. The first-order valence-corrected chi connectivity index (χ1v) is 19.9. The van der Waals surface area contributed by atoms with E-state index in [2.05, 4.69) is 79.7 Å². The van der Waals surface area contributed by atoms with Crippen molar-refractivity contribution in [2.45, 2.75) is 19.6 Å². The lowest BCUT2D eigenvalue weighted by Gasteiger charge is -2.28. The van der Waals surface area contributed by atoms with E-state index in [0.717, 1.165) is 42.8 Å². The maximum atomic E-state index is 14.2. The number of carbonyl (C=O) groups is 3. The molecule has 0 radical (unpaired) electrons. The molecule has 0 unspecified atom stereocenters. The molecule has 0 atom stereocenters. The minimum Gasteiger partial charge on any atom is -0.487 e. The van der Waals surface area contributed by atoms with Crippen molar-refractivity contribution in [2.75, 3.05) is 5.75 Å². The second-order valence-electron chi connectivity index (χ2n) is 12.1. The Balaban J connectivity index is 1.23. The van der Waals surface area contributed by atoms with Crippen LogP contribution in [-0.2, 0) is 21.0 Å². The third kappa shape index (κ3) is 9.36. The van der Waals surface area contributed by atoms with Crippen molar-refractivity contribution in [1.82, 2.24) is 10.2 Å². The number of fused-ring (bicyclic) bond motifs is 1. The number of benzene rings is 5. The molecule has 1 heterocycles. The number of allylic oxidation sites excluding steroid dienone is 4. The number of hydrogen-bond acceptors (Lipinski definition) is 5. The summed E-state index contributed by atoms with van der Waals surface area (Å²) >= 11 is 6.84. The molecule has 0 aromatic heterocycles. The van der Waals surface area contributed by atoms with Crippen LogP contribution in [0, 0.1) is 3.57 Å². The first-order valence-electron chi connectivity index (χ1n) is 17.0. The van der Waals surface area contributed by atoms with E-state index in [1.54, 1.807) is 37.3 Å². The molecule has 7 nitrogen and oxygen atoms in total. The minimum atomic E-state index is -0.698.